The highest BCUT2D eigenvalue weighted by molar-refractivity contribution is 9.10. The molecule has 0 aliphatic rings. The summed E-state index contributed by atoms with van der Waals surface area (Å²) < 4.78 is 41.8. The van der Waals surface area contributed by atoms with E-state index in [1.807, 2.05) is 6.07 Å². The Bertz CT molecular complexity index is 1200. The minimum atomic E-state index is -4.45. The number of aromatic nitrogens is 1. The number of carbonyl (C=O) groups excluding carboxylic acids is 1. The molecule has 3 aromatic rings. The van der Waals surface area contributed by atoms with Crippen molar-refractivity contribution in [3.8, 4) is 11.8 Å². The van der Waals surface area contributed by atoms with Crippen LogP contribution in [0.2, 0.25) is 0 Å². The first kappa shape index (κ1) is 22.4. The zero-order valence-electron chi connectivity index (χ0n) is 16.6. The Morgan fingerprint density at radius 2 is 1.81 bits per heavy atom. The monoisotopic (exact) mass is 487 g/mol. The molecule has 0 fully saturated rings. The Hall–Kier alpha value is -3.31. The van der Waals surface area contributed by atoms with Gasteiger partial charge in [-0.25, -0.2) is 0 Å². The lowest BCUT2D eigenvalue weighted by atomic mass is 10.1. The zero-order chi connectivity index (χ0) is 22.8. The Kier molecular flexibility index (Phi) is 6.37. The summed E-state index contributed by atoms with van der Waals surface area (Å²) in [5.41, 5.74) is 1.87. The van der Waals surface area contributed by atoms with E-state index in [-0.39, 0.29) is 5.57 Å². The molecule has 0 aliphatic heterocycles. The van der Waals surface area contributed by atoms with Crippen molar-refractivity contribution < 1.29 is 18.0 Å². The van der Waals surface area contributed by atoms with Gasteiger partial charge in [0.05, 0.1) is 5.56 Å². The molecule has 0 spiro atoms. The maximum absolute atomic E-state index is 13.1. The second-order valence-electron chi connectivity index (χ2n) is 6.84. The van der Waals surface area contributed by atoms with Gasteiger partial charge in [0, 0.05) is 27.2 Å². The molecule has 1 N–H and O–H groups in total. The quantitative estimate of drug-likeness (QED) is 0.340. The number of benzene rings is 2. The maximum Gasteiger partial charge on any atom is 0.416 e. The minimum Gasteiger partial charge on any atom is -0.321 e. The molecule has 4 nitrogen and oxygen atoms in total. The van der Waals surface area contributed by atoms with Crippen LogP contribution in [0.5, 0.6) is 0 Å². The van der Waals surface area contributed by atoms with E-state index in [1.54, 1.807) is 54.8 Å². The summed E-state index contributed by atoms with van der Waals surface area (Å²) in [6.45, 7) is 3.47. The van der Waals surface area contributed by atoms with E-state index in [1.165, 1.54) is 12.1 Å². The SMILES string of the molecule is Cc1cc(C=C(C#N)C(=O)Nc2ccc(Br)cc2)c(C)n1-c1cccc(C(F)(F)F)c1. The van der Waals surface area contributed by atoms with Crippen LogP contribution < -0.4 is 5.32 Å². The number of amides is 1. The van der Waals surface area contributed by atoms with Crippen molar-refractivity contribution in [3.63, 3.8) is 0 Å². The molecule has 1 amide bonds. The summed E-state index contributed by atoms with van der Waals surface area (Å²) in [6.07, 6.45) is -3.02. The van der Waals surface area contributed by atoms with Crippen LogP contribution >= 0.6 is 15.9 Å². The average Bonchev–Trinajstić information content (AvgIpc) is 3.00. The molecule has 0 saturated carbocycles. The molecule has 0 radical (unpaired) electrons. The number of nitrogens with one attached hydrogen (secondary N) is 1. The summed E-state index contributed by atoms with van der Waals surface area (Å²) >= 11 is 3.31. The van der Waals surface area contributed by atoms with Gasteiger partial charge in [0.2, 0.25) is 0 Å². The molecule has 158 valence electrons. The van der Waals surface area contributed by atoms with Gasteiger partial charge in [-0.1, -0.05) is 22.0 Å². The fourth-order valence-corrected chi connectivity index (χ4v) is 3.45. The molecule has 1 aromatic heterocycles. The molecule has 2 aromatic carbocycles. The van der Waals surface area contributed by atoms with Gasteiger partial charge in [0.15, 0.2) is 0 Å². The van der Waals surface area contributed by atoms with E-state index >= 15 is 0 Å². The topological polar surface area (TPSA) is 57.8 Å². The molecular formula is C23H17BrF3N3O. The van der Waals surface area contributed by atoms with Crippen molar-refractivity contribution >= 4 is 33.6 Å². The maximum atomic E-state index is 13.1. The summed E-state index contributed by atoms with van der Waals surface area (Å²) in [5, 5.41) is 12.1. The van der Waals surface area contributed by atoms with Gasteiger partial charge in [-0.15, -0.1) is 0 Å². The van der Waals surface area contributed by atoms with Gasteiger partial charge in [-0.2, -0.15) is 18.4 Å². The second kappa shape index (κ2) is 8.82. The largest absolute Gasteiger partial charge is 0.416 e. The number of hydrogen-bond acceptors (Lipinski definition) is 2. The third-order valence-corrected chi connectivity index (χ3v) is 5.20. The van der Waals surface area contributed by atoms with Gasteiger partial charge in [0.1, 0.15) is 11.6 Å². The van der Waals surface area contributed by atoms with Crippen LogP contribution in [-0.2, 0) is 11.0 Å². The molecule has 3 rings (SSSR count). The van der Waals surface area contributed by atoms with Crippen molar-refractivity contribution in [3.05, 3.63) is 87.2 Å². The van der Waals surface area contributed by atoms with Crippen LogP contribution in [0.4, 0.5) is 18.9 Å². The number of carbonyl (C=O) groups is 1. The Morgan fingerprint density at radius 1 is 1.13 bits per heavy atom. The first-order valence-electron chi connectivity index (χ1n) is 9.15. The lowest BCUT2D eigenvalue weighted by Crippen LogP contribution is -2.13. The van der Waals surface area contributed by atoms with Crippen LogP contribution in [-0.4, -0.2) is 10.5 Å². The lowest BCUT2D eigenvalue weighted by Gasteiger charge is -2.13. The highest BCUT2D eigenvalue weighted by atomic mass is 79.9. The van der Waals surface area contributed by atoms with Crippen molar-refractivity contribution in [2.45, 2.75) is 20.0 Å². The fourth-order valence-electron chi connectivity index (χ4n) is 3.19. The number of anilines is 1. The highest BCUT2D eigenvalue weighted by Gasteiger charge is 2.30. The van der Waals surface area contributed by atoms with Crippen molar-refractivity contribution in [2.75, 3.05) is 5.32 Å². The van der Waals surface area contributed by atoms with Crippen molar-refractivity contribution in [1.29, 1.82) is 5.26 Å². The Balaban J connectivity index is 1.95. The van der Waals surface area contributed by atoms with Crippen molar-refractivity contribution in [2.24, 2.45) is 0 Å². The zero-order valence-corrected chi connectivity index (χ0v) is 18.2. The molecular weight excluding hydrogens is 471 g/mol. The van der Waals surface area contributed by atoms with Gasteiger partial charge in [-0.3, -0.25) is 4.79 Å². The minimum absolute atomic E-state index is 0.118. The number of halogens is 4. The summed E-state index contributed by atoms with van der Waals surface area (Å²) in [6, 6.07) is 15.5. The van der Waals surface area contributed by atoms with E-state index in [2.05, 4.69) is 21.2 Å². The second-order valence-corrected chi connectivity index (χ2v) is 7.76. The average molecular weight is 488 g/mol. The first-order valence-corrected chi connectivity index (χ1v) is 9.94. The number of aryl methyl sites for hydroxylation is 1. The van der Waals surface area contributed by atoms with Gasteiger partial charge in [0.25, 0.3) is 5.91 Å². The van der Waals surface area contributed by atoms with E-state index in [0.717, 1.165) is 16.6 Å². The molecule has 0 atom stereocenters. The van der Waals surface area contributed by atoms with E-state index in [0.29, 0.717) is 28.3 Å². The normalized spacial score (nSPS) is 11.8. The molecule has 0 bridgehead atoms. The number of nitriles is 1. The third-order valence-electron chi connectivity index (χ3n) is 4.67. The van der Waals surface area contributed by atoms with Gasteiger partial charge in [-0.05, 0) is 74.0 Å². The van der Waals surface area contributed by atoms with Gasteiger partial charge >= 0.3 is 6.18 Å². The highest BCUT2D eigenvalue weighted by Crippen LogP contribution is 2.31. The van der Waals surface area contributed by atoms with E-state index in [4.69, 9.17) is 0 Å². The Labute approximate surface area is 185 Å². The first-order chi connectivity index (χ1) is 14.6. The molecule has 0 saturated heterocycles. The smallest absolute Gasteiger partial charge is 0.321 e. The lowest BCUT2D eigenvalue weighted by molar-refractivity contribution is -0.137. The molecule has 8 heteroatoms. The summed E-state index contributed by atoms with van der Waals surface area (Å²) in [4.78, 5) is 12.5. The molecule has 1 heterocycles. The molecule has 0 aliphatic carbocycles. The Morgan fingerprint density at radius 3 is 2.42 bits per heavy atom. The predicted octanol–water partition coefficient (Wildman–Crippen LogP) is 6.42. The standard InChI is InChI=1S/C23H17BrF3N3O/c1-14-10-16(11-17(13-28)22(31)29-20-8-6-19(24)7-9-20)15(2)30(14)21-5-3-4-18(12-21)23(25,26)27/h3-12H,1-2H3,(H,29,31). The van der Waals surface area contributed by atoms with Crippen LogP contribution in [0.25, 0.3) is 11.8 Å². The van der Waals surface area contributed by atoms with Gasteiger partial charge < -0.3 is 9.88 Å². The summed E-state index contributed by atoms with van der Waals surface area (Å²) in [5.74, 6) is -0.575. The predicted molar refractivity (Wildman–Crippen MR) is 117 cm³/mol. The van der Waals surface area contributed by atoms with Crippen LogP contribution in [0.1, 0.15) is 22.5 Å². The summed E-state index contributed by atoms with van der Waals surface area (Å²) in [7, 11) is 0. The number of rotatable bonds is 4. The van der Waals surface area contributed by atoms with E-state index in [9.17, 15) is 23.2 Å². The fraction of sp³-hybridized carbons (Fsp3) is 0.130. The number of alkyl halides is 3. The van der Waals surface area contributed by atoms with Crippen LogP contribution in [0.15, 0.2) is 64.6 Å². The van der Waals surface area contributed by atoms with E-state index < -0.39 is 17.6 Å². The number of nitrogens with zero attached hydrogens (tertiary/aromatic N) is 2. The van der Waals surface area contributed by atoms with Crippen molar-refractivity contribution in [1.82, 2.24) is 4.57 Å². The van der Waals surface area contributed by atoms with Crippen LogP contribution in [0, 0.1) is 25.2 Å². The molecule has 31 heavy (non-hydrogen) atoms. The number of hydrogen-bond donors (Lipinski definition) is 1. The van der Waals surface area contributed by atoms with Crippen LogP contribution in [0.3, 0.4) is 0 Å². The third kappa shape index (κ3) is 5.06. The molecule has 0 unspecified atom stereocenters.